The topological polar surface area (TPSA) is 47.0 Å². The summed E-state index contributed by atoms with van der Waals surface area (Å²) in [5.41, 5.74) is 6.67. The minimum Gasteiger partial charge on any atom is -0.473 e. The molecule has 3 rings (SSSR count). The fourth-order valence-corrected chi connectivity index (χ4v) is 2.58. The fourth-order valence-electron chi connectivity index (χ4n) is 2.58. The number of benzene rings is 2. The van der Waals surface area contributed by atoms with Crippen molar-refractivity contribution < 1.29 is 4.74 Å². The van der Waals surface area contributed by atoms with Crippen molar-refractivity contribution in [2.24, 2.45) is 0 Å². The maximum absolute atomic E-state index is 5.86. The predicted molar refractivity (Wildman–Crippen MR) is 101 cm³/mol. The zero-order valence-corrected chi connectivity index (χ0v) is 15.1. The van der Waals surface area contributed by atoms with Gasteiger partial charge in [-0.05, 0) is 56.5 Å². The van der Waals surface area contributed by atoms with Gasteiger partial charge in [0.15, 0.2) is 0 Å². The Balaban J connectivity index is 1.74. The summed E-state index contributed by atoms with van der Waals surface area (Å²) < 4.78 is 5.86. The van der Waals surface area contributed by atoms with E-state index in [0.29, 0.717) is 18.4 Å². The number of hydrogen-bond acceptors (Lipinski definition) is 4. The van der Waals surface area contributed by atoms with Crippen LogP contribution in [0.15, 0.2) is 48.5 Å². The van der Waals surface area contributed by atoms with Crippen molar-refractivity contribution in [3.05, 3.63) is 76.5 Å². The Labute approximate surface area is 148 Å². The molecule has 0 bridgehead atoms. The quantitative estimate of drug-likeness (QED) is 0.711. The third kappa shape index (κ3) is 4.57. The van der Waals surface area contributed by atoms with Crippen molar-refractivity contribution in [2.75, 3.05) is 5.32 Å². The molecule has 4 heteroatoms. The number of rotatable bonds is 5. The van der Waals surface area contributed by atoms with Crippen LogP contribution in [0.3, 0.4) is 0 Å². The molecule has 0 radical (unpaired) electrons. The number of nitrogens with one attached hydrogen (secondary N) is 1. The Morgan fingerprint density at radius 2 is 1.72 bits per heavy atom. The molecule has 0 unspecified atom stereocenters. The molecule has 0 fully saturated rings. The van der Waals surface area contributed by atoms with Crippen molar-refractivity contribution >= 4 is 11.6 Å². The van der Waals surface area contributed by atoms with E-state index >= 15 is 0 Å². The second kappa shape index (κ2) is 7.34. The fraction of sp³-hybridized carbons (Fsp3) is 0.238. The van der Waals surface area contributed by atoms with Crippen LogP contribution in [0.4, 0.5) is 11.6 Å². The molecule has 25 heavy (non-hydrogen) atoms. The van der Waals surface area contributed by atoms with E-state index in [4.69, 9.17) is 4.74 Å². The van der Waals surface area contributed by atoms with Crippen molar-refractivity contribution in [3.8, 4) is 5.88 Å². The normalized spacial score (nSPS) is 10.6. The molecule has 0 aliphatic rings. The number of anilines is 2. The van der Waals surface area contributed by atoms with Crippen LogP contribution in [0.25, 0.3) is 0 Å². The van der Waals surface area contributed by atoms with E-state index in [9.17, 15) is 0 Å². The molecular weight excluding hydrogens is 310 g/mol. The molecule has 2 aromatic carbocycles. The van der Waals surface area contributed by atoms with E-state index in [1.165, 1.54) is 16.7 Å². The number of aromatic nitrogens is 2. The largest absolute Gasteiger partial charge is 0.473 e. The summed E-state index contributed by atoms with van der Waals surface area (Å²) in [6, 6.07) is 16.3. The summed E-state index contributed by atoms with van der Waals surface area (Å²) in [5, 5.41) is 3.26. The molecular formula is C21H23N3O. The van der Waals surface area contributed by atoms with Gasteiger partial charge in [0.25, 0.3) is 0 Å². The van der Waals surface area contributed by atoms with Crippen molar-refractivity contribution in [1.29, 1.82) is 0 Å². The number of hydrogen-bond donors (Lipinski definition) is 1. The van der Waals surface area contributed by atoms with E-state index in [-0.39, 0.29) is 0 Å². The summed E-state index contributed by atoms with van der Waals surface area (Å²) >= 11 is 0. The van der Waals surface area contributed by atoms with Crippen LogP contribution in [-0.4, -0.2) is 9.97 Å². The average Bonchev–Trinajstić information content (AvgIpc) is 2.56. The van der Waals surface area contributed by atoms with Gasteiger partial charge in [0.2, 0.25) is 11.8 Å². The molecule has 0 aliphatic heterocycles. The molecule has 1 aromatic heterocycles. The first kappa shape index (κ1) is 17.0. The van der Waals surface area contributed by atoms with Crippen LogP contribution in [0.2, 0.25) is 0 Å². The number of aryl methyl sites for hydroxylation is 4. The van der Waals surface area contributed by atoms with Gasteiger partial charge in [0, 0.05) is 17.4 Å². The molecule has 1 heterocycles. The molecule has 3 aromatic rings. The molecule has 0 amide bonds. The van der Waals surface area contributed by atoms with Crippen molar-refractivity contribution in [2.45, 2.75) is 34.3 Å². The molecule has 0 saturated heterocycles. The maximum Gasteiger partial charge on any atom is 0.230 e. The number of nitrogens with zero attached hydrogens (tertiary/aromatic N) is 2. The third-order valence-corrected chi connectivity index (χ3v) is 4.06. The van der Waals surface area contributed by atoms with Crippen molar-refractivity contribution in [3.63, 3.8) is 0 Å². The smallest absolute Gasteiger partial charge is 0.230 e. The van der Waals surface area contributed by atoms with Gasteiger partial charge >= 0.3 is 0 Å². The summed E-state index contributed by atoms with van der Waals surface area (Å²) in [6.45, 7) is 8.69. The van der Waals surface area contributed by atoms with E-state index < -0.39 is 0 Å². The SMILES string of the molecule is Cc1cccc(COc2cc(C)nc(Nc3ccc(C)c(C)c3)n2)c1. The monoisotopic (exact) mass is 333 g/mol. The van der Waals surface area contributed by atoms with Gasteiger partial charge in [-0.2, -0.15) is 4.98 Å². The van der Waals surface area contributed by atoms with E-state index in [1.54, 1.807) is 0 Å². The zero-order chi connectivity index (χ0) is 17.8. The maximum atomic E-state index is 5.86. The highest BCUT2D eigenvalue weighted by Crippen LogP contribution is 2.20. The van der Waals surface area contributed by atoms with E-state index in [1.807, 2.05) is 25.1 Å². The Kier molecular flexibility index (Phi) is 4.98. The highest BCUT2D eigenvalue weighted by Gasteiger charge is 2.05. The molecule has 0 aliphatic carbocycles. The zero-order valence-electron chi connectivity index (χ0n) is 15.1. The van der Waals surface area contributed by atoms with Gasteiger partial charge in [-0.1, -0.05) is 35.9 Å². The molecule has 4 nitrogen and oxygen atoms in total. The highest BCUT2D eigenvalue weighted by atomic mass is 16.5. The minimum absolute atomic E-state index is 0.487. The summed E-state index contributed by atoms with van der Waals surface area (Å²) in [7, 11) is 0. The van der Waals surface area contributed by atoms with Crippen LogP contribution >= 0.6 is 0 Å². The average molecular weight is 333 g/mol. The van der Waals surface area contributed by atoms with Crippen molar-refractivity contribution in [1.82, 2.24) is 9.97 Å². The highest BCUT2D eigenvalue weighted by molar-refractivity contribution is 5.56. The Bertz CT molecular complexity index is 890. The van der Waals surface area contributed by atoms with E-state index in [0.717, 1.165) is 16.9 Å². The number of ether oxygens (including phenoxy) is 1. The first-order chi connectivity index (χ1) is 12.0. The third-order valence-electron chi connectivity index (χ3n) is 4.06. The lowest BCUT2D eigenvalue weighted by Crippen LogP contribution is -2.03. The lowest BCUT2D eigenvalue weighted by molar-refractivity contribution is 0.293. The van der Waals surface area contributed by atoms with Crippen LogP contribution in [0, 0.1) is 27.7 Å². The lowest BCUT2D eigenvalue weighted by Gasteiger charge is -2.11. The lowest BCUT2D eigenvalue weighted by atomic mass is 10.1. The molecule has 0 atom stereocenters. The van der Waals surface area contributed by atoms with Crippen LogP contribution in [0.1, 0.15) is 27.9 Å². The first-order valence-electron chi connectivity index (χ1n) is 8.38. The van der Waals surface area contributed by atoms with E-state index in [2.05, 4.69) is 66.4 Å². The Morgan fingerprint density at radius 3 is 2.48 bits per heavy atom. The summed E-state index contributed by atoms with van der Waals surface area (Å²) in [4.78, 5) is 8.92. The first-order valence-corrected chi connectivity index (χ1v) is 8.38. The van der Waals surface area contributed by atoms with Gasteiger partial charge in [0.05, 0.1) is 0 Å². The Hall–Kier alpha value is -2.88. The van der Waals surface area contributed by atoms with Crippen LogP contribution < -0.4 is 10.1 Å². The van der Waals surface area contributed by atoms with Gasteiger partial charge in [-0.15, -0.1) is 0 Å². The van der Waals surface area contributed by atoms with Crippen LogP contribution in [0.5, 0.6) is 5.88 Å². The summed E-state index contributed by atoms with van der Waals surface area (Å²) in [5.74, 6) is 1.11. The standard InChI is InChI=1S/C21H23N3O/c1-14-6-5-7-18(10-14)13-25-20-12-17(4)22-21(24-20)23-19-9-8-15(2)16(3)11-19/h5-12H,13H2,1-4H3,(H,22,23,24). The minimum atomic E-state index is 0.487. The Morgan fingerprint density at radius 1 is 0.880 bits per heavy atom. The molecule has 0 spiro atoms. The van der Waals surface area contributed by atoms with Gasteiger partial charge in [-0.3, -0.25) is 0 Å². The second-order valence-electron chi connectivity index (χ2n) is 6.37. The predicted octanol–water partition coefficient (Wildman–Crippen LogP) is 5.03. The van der Waals surface area contributed by atoms with Gasteiger partial charge < -0.3 is 10.1 Å². The summed E-state index contributed by atoms with van der Waals surface area (Å²) in [6.07, 6.45) is 0. The molecule has 1 N–H and O–H groups in total. The molecule has 0 saturated carbocycles. The van der Waals surface area contributed by atoms with Crippen LogP contribution in [-0.2, 0) is 6.61 Å². The second-order valence-corrected chi connectivity index (χ2v) is 6.37. The van der Waals surface area contributed by atoms with Gasteiger partial charge in [0.1, 0.15) is 6.61 Å². The molecule has 128 valence electrons. The van der Waals surface area contributed by atoms with Gasteiger partial charge in [-0.25, -0.2) is 4.98 Å².